The largest absolute Gasteiger partial charge is 0.292 e. The van der Waals surface area contributed by atoms with Gasteiger partial charge in [0.05, 0.1) is 0 Å². The lowest BCUT2D eigenvalue weighted by Crippen LogP contribution is -2.50. The Balaban J connectivity index is 2.00. The van der Waals surface area contributed by atoms with Crippen LogP contribution in [0.5, 0.6) is 0 Å². The van der Waals surface area contributed by atoms with Crippen LogP contribution in [0.25, 0.3) is 0 Å². The number of hydrogen-bond acceptors (Lipinski definition) is 4. The second kappa shape index (κ2) is 6.69. The van der Waals surface area contributed by atoms with Gasteiger partial charge in [0.2, 0.25) is 0 Å². The van der Waals surface area contributed by atoms with Gasteiger partial charge in [0.1, 0.15) is 12.3 Å². The summed E-state index contributed by atoms with van der Waals surface area (Å²) in [6.07, 6.45) is 9.31. The molecule has 0 aromatic rings. The van der Waals surface area contributed by atoms with Crippen molar-refractivity contribution >= 4 is 12.4 Å². The molecular formula is C16H24N4. The highest BCUT2D eigenvalue weighted by Gasteiger charge is 2.37. The molecule has 0 aliphatic carbocycles. The number of nitrogens with one attached hydrogen (secondary N) is 1. The first-order valence-corrected chi connectivity index (χ1v) is 7.25. The molecule has 4 heteroatoms. The van der Waals surface area contributed by atoms with Gasteiger partial charge in [-0.15, -0.1) is 5.73 Å². The summed E-state index contributed by atoms with van der Waals surface area (Å²) in [4.78, 5) is 4.62. The third-order valence-electron chi connectivity index (χ3n) is 3.86. The Hall–Kier alpha value is -1.64. The lowest BCUT2D eigenvalue weighted by molar-refractivity contribution is 0.105. The van der Waals surface area contributed by atoms with Crippen LogP contribution in [0.15, 0.2) is 40.1 Å². The highest BCUT2D eigenvalue weighted by molar-refractivity contribution is 5.67. The number of nitrogens with zero attached hydrogens (tertiary/aromatic N) is 3. The molecule has 2 rings (SSSR count). The first kappa shape index (κ1) is 14.8. The summed E-state index contributed by atoms with van der Waals surface area (Å²) >= 11 is 0. The second-order valence-electron chi connectivity index (χ2n) is 5.56. The lowest BCUT2D eigenvalue weighted by Gasteiger charge is -2.35. The molecular weight excluding hydrogens is 248 g/mol. The average molecular weight is 272 g/mol. The van der Waals surface area contributed by atoms with Crippen molar-refractivity contribution in [2.24, 2.45) is 21.9 Å². The fraction of sp³-hybridized carbons (Fsp3) is 0.562. The van der Waals surface area contributed by atoms with Crippen LogP contribution in [-0.4, -0.2) is 36.3 Å². The molecule has 3 unspecified atom stereocenters. The fourth-order valence-electron chi connectivity index (χ4n) is 2.58. The van der Waals surface area contributed by atoms with Gasteiger partial charge in [0.25, 0.3) is 0 Å². The Bertz CT molecular complexity index is 469. The molecule has 4 nitrogen and oxygen atoms in total. The Morgan fingerprint density at radius 2 is 2.40 bits per heavy atom. The maximum Gasteiger partial charge on any atom is 0.146 e. The van der Waals surface area contributed by atoms with Gasteiger partial charge in [-0.05, 0) is 24.5 Å². The van der Waals surface area contributed by atoms with E-state index in [1.807, 2.05) is 25.4 Å². The van der Waals surface area contributed by atoms with Gasteiger partial charge in [-0.25, -0.2) is 0 Å². The quantitative estimate of drug-likeness (QED) is 0.617. The van der Waals surface area contributed by atoms with Gasteiger partial charge in [-0.2, -0.15) is 5.10 Å². The standard InChI is InChI=1S/C16H24N4/c1-5-7-13(6-2)10-18-15-8-9-17-16-14(12(3)4)11-19-20(15)16/h6-7,9,11-12,14-16,18H,1,8,10H2,2-4H3/b13-6+. The summed E-state index contributed by atoms with van der Waals surface area (Å²) < 4.78 is 0. The average Bonchev–Trinajstić information content (AvgIpc) is 2.88. The van der Waals surface area contributed by atoms with Crippen molar-refractivity contribution in [1.29, 1.82) is 0 Å². The Morgan fingerprint density at radius 1 is 1.60 bits per heavy atom. The fourth-order valence-corrected chi connectivity index (χ4v) is 2.58. The molecule has 20 heavy (non-hydrogen) atoms. The molecule has 0 radical (unpaired) electrons. The van der Waals surface area contributed by atoms with E-state index < -0.39 is 0 Å². The normalized spacial score (nSPS) is 28.7. The Labute approximate surface area is 121 Å². The highest BCUT2D eigenvalue weighted by Crippen LogP contribution is 2.29. The zero-order chi connectivity index (χ0) is 14.5. The predicted molar refractivity (Wildman–Crippen MR) is 84.8 cm³/mol. The van der Waals surface area contributed by atoms with E-state index >= 15 is 0 Å². The monoisotopic (exact) mass is 272 g/mol. The van der Waals surface area contributed by atoms with E-state index in [9.17, 15) is 0 Å². The van der Waals surface area contributed by atoms with Crippen LogP contribution in [0, 0.1) is 11.8 Å². The van der Waals surface area contributed by atoms with E-state index in [4.69, 9.17) is 0 Å². The lowest BCUT2D eigenvalue weighted by atomic mass is 9.94. The Morgan fingerprint density at radius 3 is 3.05 bits per heavy atom. The molecule has 0 amide bonds. The molecule has 0 fully saturated rings. The number of hydrazone groups is 1. The summed E-state index contributed by atoms with van der Waals surface area (Å²) in [6.45, 7) is 10.9. The maximum absolute atomic E-state index is 4.62. The summed E-state index contributed by atoms with van der Waals surface area (Å²) in [7, 11) is 0. The van der Waals surface area contributed by atoms with Crippen molar-refractivity contribution in [3.63, 3.8) is 0 Å². The van der Waals surface area contributed by atoms with E-state index in [-0.39, 0.29) is 12.3 Å². The minimum absolute atomic E-state index is 0.158. The van der Waals surface area contributed by atoms with Crippen LogP contribution in [0.3, 0.4) is 0 Å². The van der Waals surface area contributed by atoms with Crippen molar-refractivity contribution in [3.8, 4) is 0 Å². The third-order valence-corrected chi connectivity index (χ3v) is 3.86. The topological polar surface area (TPSA) is 40.0 Å². The van der Waals surface area contributed by atoms with Crippen LogP contribution >= 0.6 is 0 Å². The summed E-state index contributed by atoms with van der Waals surface area (Å²) in [6, 6.07) is 0. The van der Waals surface area contributed by atoms with Crippen LogP contribution in [0.1, 0.15) is 27.2 Å². The molecule has 0 bridgehead atoms. The summed E-state index contributed by atoms with van der Waals surface area (Å²) in [5.41, 5.74) is 4.00. The number of allylic oxidation sites excluding steroid dienone is 1. The van der Waals surface area contributed by atoms with E-state index in [1.165, 1.54) is 5.57 Å². The molecule has 2 heterocycles. The first-order valence-electron chi connectivity index (χ1n) is 7.25. The molecule has 1 N–H and O–H groups in total. The van der Waals surface area contributed by atoms with E-state index in [1.54, 1.807) is 0 Å². The summed E-state index contributed by atoms with van der Waals surface area (Å²) in [5, 5.41) is 10.2. The number of aliphatic imine (C=N–C) groups is 1. The molecule has 2 aliphatic heterocycles. The van der Waals surface area contributed by atoms with E-state index in [0.717, 1.165) is 13.0 Å². The minimum atomic E-state index is 0.158. The molecule has 2 aliphatic rings. The second-order valence-corrected chi connectivity index (χ2v) is 5.56. The zero-order valence-electron chi connectivity index (χ0n) is 12.6. The van der Waals surface area contributed by atoms with Crippen LogP contribution < -0.4 is 5.32 Å². The molecule has 3 atom stereocenters. The van der Waals surface area contributed by atoms with Crippen molar-refractivity contribution in [2.45, 2.75) is 39.5 Å². The molecule has 0 aromatic heterocycles. The van der Waals surface area contributed by atoms with E-state index in [0.29, 0.717) is 11.8 Å². The SMILES string of the molecule is C=C=C/C(=C\C)CNC1CC=NC2C(C(C)C)C=NN12. The van der Waals surface area contributed by atoms with Crippen LogP contribution in [0.2, 0.25) is 0 Å². The van der Waals surface area contributed by atoms with Gasteiger partial charge in [0, 0.05) is 31.3 Å². The van der Waals surface area contributed by atoms with Crippen molar-refractivity contribution in [2.75, 3.05) is 6.54 Å². The summed E-state index contributed by atoms with van der Waals surface area (Å²) in [5.74, 6) is 0.963. The minimum Gasteiger partial charge on any atom is -0.292 e. The number of fused-ring (bicyclic) bond motifs is 1. The predicted octanol–water partition coefficient (Wildman–Crippen LogP) is 2.56. The van der Waals surface area contributed by atoms with Gasteiger partial charge in [-0.1, -0.05) is 26.5 Å². The number of rotatable bonds is 5. The smallest absolute Gasteiger partial charge is 0.146 e. The molecule has 0 saturated heterocycles. The number of hydrogen-bond donors (Lipinski definition) is 1. The maximum atomic E-state index is 4.62. The first-order chi connectivity index (χ1) is 9.67. The zero-order valence-corrected chi connectivity index (χ0v) is 12.6. The molecule has 0 spiro atoms. The third kappa shape index (κ3) is 3.09. The van der Waals surface area contributed by atoms with Crippen LogP contribution in [0.4, 0.5) is 0 Å². The van der Waals surface area contributed by atoms with Gasteiger partial charge < -0.3 is 0 Å². The Kier molecular flexibility index (Phi) is 4.94. The van der Waals surface area contributed by atoms with Gasteiger partial charge >= 0.3 is 0 Å². The van der Waals surface area contributed by atoms with Gasteiger partial charge in [-0.3, -0.25) is 15.3 Å². The van der Waals surface area contributed by atoms with Crippen molar-refractivity contribution < 1.29 is 0 Å². The molecule has 0 aromatic carbocycles. The molecule has 0 saturated carbocycles. The highest BCUT2D eigenvalue weighted by atomic mass is 15.6. The molecule has 108 valence electrons. The van der Waals surface area contributed by atoms with Crippen molar-refractivity contribution in [1.82, 2.24) is 10.3 Å². The van der Waals surface area contributed by atoms with Crippen molar-refractivity contribution in [3.05, 3.63) is 30.0 Å². The van der Waals surface area contributed by atoms with Gasteiger partial charge in [0.15, 0.2) is 0 Å². The van der Waals surface area contributed by atoms with E-state index in [2.05, 4.69) is 52.7 Å². The van der Waals surface area contributed by atoms with Crippen LogP contribution in [-0.2, 0) is 0 Å².